The van der Waals surface area contributed by atoms with E-state index in [9.17, 15) is 4.79 Å². The molecule has 3 N–H and O–H groups in total. The third-order valence-corrected chi connectivity index (χ3v) is 2.33. The molecule has 0 aliphatic heterocycles. The molecule has 6 nitrogen and oxygen atoms in total. The first kappa shape index (κ1) is 14.7. The normalized spacial score (nSPS) is 10.6. The Kier molecular flexibility index (Phi) is 7.09. The molecule has 0 aliphatic rings. The van der Waals surface area contributed by atoms with Crippen LogP contribution in [-0.2, 0) is 22.7 Å². The van der Waals surface area contributed by atoms with Crippen molar-refractivity contribution in [3.63, 3.8) is 0 Å². The molecule has 0 aromatic carbocycles. The summed E-state index contributed by atoms with van der Waals surface area (Å²) < 4.78 is 10.1. The molecule has 0 unspecified atom stereocenters. The van der Waals surface area contributed by atoms with Gasteiger partial charge in [-0.05, 0) is 12.1 Å². The van der Waals surface area contributed by atoms with Crippen molar-refractivity contribution in [2.45, 2.75) is 19.6 Å². The molecule has 0 saturated heterocycles. The molecule has 1 rings (SSSR count). The van der Waals surface area contributed by atoms with Gasteiger partial charge in [0.15, 0.2) is 0 Å². The second-order valence-corrected chi connectivity index (χ2v) is 3.80. The van der Waals surface area contributed by atoms with Gasteiger partial charge >= 0.3 is 0 Å². The van der Waals surface area contributed by atoms with E-state index in [1.165, 1.54) is 0 Å². The summed E-state index contributed by atoms with van der Waals surface area (Å²) in [5, 5.41) is 14.6. The number of furan rings is 1. The van der Waals surface area contributed by atoms with E-state index in [-0.39, 0.29) is 12.5 Å². The minimum atomic E-state index is -0.0953. The van der Waals surface area contributed by atoms with Gasteiger partial charge < -0.3 is 24.9 Å². The maximum Gasteiger partial charge on any atom is 0.221 e. The Balaban J connectivity index is 2.05. The molecule has 18 heavy (non-hydrogen) atoms. The molecule has 0 spiro atoms. The van der Waals surface area contributed by atoms with E-state index in [4.69, 9.17) is 14.3 Å². The summed E-state index contributed by atoms with van der Waals surface area (Å²) in [5.74, 6) is 1.29. The highest BCUT2D eigenvalue weighted by Gasteiger charge is 2.02. The average molecular weight is 256 g/mol. The van der Waals surface area contributed by atoms with Gasteiger partial charge in [-0.25, -0.2) is 0 Å². The molecule has 102 valence electrons. The average Bonchev–Trinajstić information content (AvgIpc) is 2.83. The van der Waals surface area contributed by atoms with E-state index in [1.807, 2.05) is 0 Å². The minimum absolute atomic E-state index is 0.00459. The lowest BCUT2D eigenvalue weighted by Crippen LogP contribution is -2.29. The third kappa shape index (κ3) is 5.81. The van der Waals surface area contributed by atoms with Crippen molar-refractivity contribution in [1.29, 1.82) is 0 Å². The predicted molar refractivity (Wildman–Crippen MR) is 65.8 cm³/mol. The van der Waals surface area contributed by atoms with Gasteiger partial charge in [0.05, 0.1) is 13.2 Å². The quantitative estimate of drug-likeness (QED) is 0.542. The second-order valence-electron chi connectivity index (χ2n) is 3.80. The van der Waals surface area contributed by atoms with Crippen molar-refractivity contribution in [3.8, 4) is 0 Å². The van der Waals surface area contributed by atoms with Crippen molar-refractivity contribution in [3.05, 3.63) is 23.7 Å². The summed E-state index contributed by atoms with van der Waals surface area (Å²) in [5.41, 5.74) is 0. The molecule has 0 aliphatic carbocycles. The number of carbonyl (C=O) groups excluding carboxylic acids is 1. The van der Waals surface area contributed by atoms with Crippen LogP contribution in [0.15, 0.2) is 16.5 Å². The highest BCUT2D eigenvalue weighted by Crippen LogP contribution is 2.06. The van der Waals surface area contributed by atoms with Crippen LogP contribution in [0.3, 0.4) is 0 Å². The highest BCUT2D eigenvalue weighted by atomic mass is 16.5. The molecule has 0 fully saturated rings. The molecule has 1 heterocycles. The van der Waals surface area contributed by atoms with Crippen LogP contribution in [0.25, 0.3) is 0 Å². The van der Waals surface area contributed by atoms with E-state index in [1.54, 1.807) is 19.2 Å². The third-order valence-electron chi connectivity index (χ3n) is 2.33. The number of aliphatic hydroxyl groups excluding tert-OH is 1. The van der Waals surface area contributed by atoms with E-state index >= 15 is 0 Å². The molecule has 1 aromatic heterocycles. The van der Waals surface area contributed by atoms with Crippen LogP contribution in [0.5, 0.6) is 0 Å². The van der Waals surface area contributed by atoms with Crippen LogP contribution in [-0.4, -0.2) is 37.8 Å². The van der Waals surface area contributed by atoms with Crippen LogP contribution < -0.4 is 10.6 Å². The zero-order chi connectivity index (χ0) is 13.2. The molecular weight excluding hydrogens is 236 g/mol. The van der Waals surface area contributed by atoms with Gasteiger partial charge in [-0.2, -0.15) is 0 Å². The van der Waals surface area contributed by atoms with Crippen LogP contribution in [0, 0.1) is 0 Å². The Morgan fingerprint density at radius 1 is 1.39 bits per heavy atom. The summed E-state index contributed by atoms with van der Waals surface area (Å²) in [7, 11) is 1.59. The number of aliphatic hydroxyl groups is 1. The van der Waals surface area contributed by atoms with Gasteiger partial charge in [-0.3, -0.25) is 4.79 Å². The van der Waals surface area contributed by atoms with Crippen molar-refractivity contribution in [2.24, 2.45) is 0 Å². The van der Waals surface area contributed by atoms with Crippen LogP contribution >= 0.6 is 0 Å². The number of amides is 1. The zero-order valence-electron chi connectivity index (χ0n) is 10.6. The van der Waals surface area contributed by atoms with E-state index in [0.29, 0.717) is 38.4 Å². The fraction of sp³-hybridized carbons (Fsp3) is 0.583. The van der Waals surface area contributed by atoms with Gasteiger partial charge in [0, 0.05) is 26.6 Å². The van der Waals surface area contributed by atoms with Crippen LogP contribution in [0.1, 0.15) is 17.9 Å². The van der Waals surface area contributed by atoms with Crippen molar-refractivity contribution < 1.29 is 19.1 Å². The zero-order valence-corrected chi connectivity index (χ0v) is 10.6. The lowest BCUT2D eigenvalue weighted by atomic mass is 10.3. The number of ether oxygens (including phenoxy) is 1. The number of hydrogen-bond donors (Lipinski definition) is 3. The second kappa shape index (κ2) is 8.68. The summed E-state index contributed by atoms with van der Waals surface area (Å²) in [6.45, 7) is 2.09. The Bertz CT molecular complexity index is 352. The largest absolute Gasteiger partial charge is 0.462 e. The van der Waals surface area contributed by atoms with E-state index in [2.05, 4.69) is 10.6 Å². The van der Waals surface area contributed by atoms with Gasteiger partial charge in [0.25, 0.3) is 0 Å². The first-order chi connectivity index (χ1) is 8.76. The number of nitrogens with one attached hydrogen (secondary N) is 2. The lowest BCUT2D eigenvalue weighted by molar-refractivity contribution is -0.121. The Morgan fingerprint density at radius 2 is 2.17 bits per heavy atom. The standard InChI is InChI=1S/C12H20N2O4/c1-17-7-6-14-12(16)4-5-13-8-10-2-3-11(9-15)18-10/h2-3,13,15H,4-9H2,1H3,(H,14,16). The first-order valence-electron chi connectivity index (χ1n) is 5.91. The van der Waals surface area contributed by atoms with Crippen molar-refractivity contribution >= 4 is 5.91 Å². The maximum atomic E-state index is 11.3. The summed E-state index contributed by atoms with van der Waals surface area (Å²) in [4.78, 5) is 11.3. The molecule has 1 aromatic rings. The fourth-order valence-electron chi connectivity index (χ4n) is 1.40. The molecule has 0 atom stereocenters. The number of hydrogen-bond acceptors (Lipinski definition) is 5. The molecule has 1 amide bonds. The predicted octanol–water partition coefficient (Wildman–Crippen LogP) is 0.0142. The summed E-state index contributed by atoms with van der Waals surface area (Å²) in [6, 6.07) is 3.53. The topological polar surface area (TPSA) is 83.7 Å². The molecular formula is C12H20N2O4. The Morgan fingerprint density at radius 3 is 2.83 bits per heavy atom. The molecule has 0 bridgehead atoms. The lowest BCUT2D eigenvalue weighted by Gasteiger charge is -2.05. The SMILES string of the molecule is COCCNC(=O)CCNCc1ccc(CO)o1. The fourth-order valence-corrected chi connectivity index (χ4v) is 1.40. The minimum Gasteiger partial charge on any atom is -0.462 e. The van der Waals surface area contributed by atoms with E-state index in [0.717, 1.165) is 5.76 Å². The van der Waals surface area contributed by atoms with Gasteiger partial charge in [-0.1, -0.05) is 0 Å². The molecule has 6 heteroatoms. The maximum absolute atomic E-state index is 11.3. The monoisotopic (exact) mass is 256 g/mol. The van der Waals surface area contributed by atoms with Gasteiger partial charge in [0.1, 0.15) is 18.1 Å². The summed E-state index contributed by atoms with van der Waals surface area (Å²) in [6.07, 6.45) is 0.414. The summed E-state index contributed by atoms with van der Waals surface area (Å²) >= 11 is 0. The highest BCUT2D eigenvalue weighted by molar-refractivity contribution is 5.75. The molecule has 0 saturated carbocycles. The molecule has 0 radical (unpaired) electrons. The smallest absolute Gasteiger partial charge is 0.221 e. The van der Waals surface area contributed by atoms with Crippen LogP contribution in [0.2, 0.25) is 0 Å². The van der Waals surface area contributed by atoms with Gasteiger partial charge in [0.2, 0.25) is 5.91 Å². The van der Waals surface area contributed by atoms with E-state index < -0.39 is 0 Å². The van der Waals surface area contributed by atoms with Crippen molar-refractivity contribution in [1.82, 2.24) is 10.6 Å². The van der Waals surface area contributed by atoms with Crippen LogP contribution in [0.4, 0.5) is 0 Å². The number of carbonyl (C=O) groups is 1. The number of rotatable bonds is 9. The Labute approximate surface area is 106 Å². The Hall–Kier alpha value is -1.37. The van der Waals surface area contributed by atoms with Gasteiger partial charge in [-0.15, -0.1) is 0 Å². The van der Waals surface area contributed by atoms with Crippen molar-refractivity contribution in [2.75, 3.05) is 26.8 Å². The first-order valence-corrected chi connectivity index (χ1v) is 5.91. The number of methoxy groups -OCH3 is 1.